The van der Waals surface area contributed by atoms with Gasteiger partial charge in [-0.25, -0.2) is 0 Å². The van der Waals surface area contributed by atoms with Crippen LogP contribution in [-0.2, 0) is 17.8 Å². The highest BCUT2D eigenvalue weighted by Crippen LogP contribution is 2.18. The molecule has 2 atom stereocenters. The first-order chi connectivity index (χ1) is 9.00. The van der Waals surface area contributed by atoms with Crippen molar-refractivity contribution in [2.45, 2.75) is 45.8 Å². The molecule has 3 heteroatoms. The molecular formula is C16H24N2O. The molecule has 19 heavy (non-hydrogen) atoms. The summed E-state index contributed by atoms with van der Waals surface area (Å²) in [5, 5.41) is 3.36. The van der Waals surface area contributed by atoms with Crippen LogP contribution < -0.4 is 5.32 Å². The maximum absolute atomic E-state index is 12.5. The number of nitrogens with zero attached hydrogens (tertiary/aromatic N) is 1. The molecule has 0 bridgehead atoms. The number of likely N-dealkylation sites (N-methyl/N-ethyl adjacent to an activating group) is 1. The number of hydrogen-bond donors (Lipinski definition) is 1. The zero-order valence-corrected chi connectivity index (χ0v) is 12.3. The Hall–Kier alpha value is -1.35. The number of carbonyl (C=O) groups excluding carboxylic acids is 1. The first-order valence-corrected chi connectivity index (χ1v) is 7.07. The Morgan fingerprint density at radius 2 is 1.89 bits per heavy atom. The standard InChI is InChI=1S/C16H24N2O/c1-11(2)12(3)18(4)16(19)15-9-13-7-5-6-8-14(13)10-17-15/h5-8,11-12,15,17H,9-10H2,1-4H3/t12?,15-/m0/s1. The average Bonchev–Trinajstić information content (AvgIpc) is 2.44. The van der Waals surface area contributed by atoms with Gasteiger partial charge < -0.3 is 10.2 Å². The molecule has 1 N–H and O–H groups in total. The maximum atomic E-state index is 12.5. The fourth-order valence-corrected chi connectivity index (χ4v) is 2.52. The minimum atomic E-state index is -0.0823. The lowest BCUT2D eigenvalue weighted by atomic mass is 9.94. The number of fused-ring (bicyclic) bond motifs is 1. The van der Waals surface area contributed by atoms with Crippen LogP contribution in [0.2, 0.25) is 0 Å². The monoisotopic (exact) mass is 260 g/mol. The molecule has 0 fully saturated rings. The van der Waals surface area contributed by atoms with Gasteiger partial charge in [0.25, 0.3) is 0 Å². The van der Waals surface area contributed by atoms with E-state index in [4.69, 9.17) is 0 Å². The first kappa shape index (κ1) is 14.1. The zero-order valence-electron chi connectivity index (χ0n) is 12.3. The number of amides is 1. The summed E-state index contributed by atoms with van der Waals surface area (Å²) in [6, 6.07) is 8.54. The van der Waals surface area contributed by atoms with E-state index >= 15 is 0 Å². The molecule has 1 aliphatic heterocycles. The van der Waals surface area contributed by atoms with E-state index in [1.165, 1.54) is 11.1 Å². The second kappa shape index (κ2) is 5.74. The summed E-state index contributed by atoms with van der Waals surface area (Å²) in [5.74, 6) is 0.681. The summed E-state index contributed by atoms with van der Waals surface area (Å²) >= 11 is 0. The zero-order chi connectivity index (χ0) is 14.0. The Labute approximate surface area is 116 Å². The molecule has 1 unspecified atom stereocenters. The summed E-state index contributed by atoms with van der Waals surface area (Å²) in [6.45, 7) is 7.20. The van der Waals surface area contributed by atoms with Gasteiger partial charge in [-0.05, 0) is 30.4 Å². The second-order valence-corrected chi connectivity index (χ2v) is 5.84. The molecule has 0 spiro atoms. The quantitative estimate of drug-likeness (QED) is 0.903. The van der Waals surface area contributed by atoms with Crippen LogP contribution in [0.5, 0.6) is 0 Å². The second-order valence-electron chi connectivity index (χ2n) is 5.84. The van der Waals surface area contributed by atoms with Crippen molar-refractivity contribution in [2.75, 3.05) is 7.05 Å². The van der Waals surface area contributed by atoms with Gasteiger partial charge in [0.05, 0.1) is 6.04 Å². The Balaban J connectivity index is 2.06. The van der Waals surface area contributed by atoms with Crippen LogP contribution in [-0.4, -0.2) is 29.9 Å². The van der Waals surface area contributed by atoms with E-state index < -0.39 is 0 Å². The number of hydrogen-bond acceptors (Lipinski definition) is 2. The van der Waals surface area contributed by atoms with Crippen LogP contribution in [0, 0.1) is 5.92 Å². The predicted octanol–water partition coefficient (Wildman–Crippen LogP) is 2.20. The van der Waals surface area contributed by atoms with Gasteiger partial charge in [-0.15, -0.1) is 0 Å². The average molecular weight is 260 g/mol. The molecular weight excluding hydrogens is 236 g/mol. The topological polar surface area (TPSA) is 32.3 Å². The molecule has 1 aliphatic rings. The Kier molecular flexibility index (Phi) is 4.25. The van der Waals surface area contributed by atoms with Crippen molar-refractivity contribution >= 4 is 5.91 Å². The molecule has 1 aromatic carbocycles. The molecule has 104 valence electrons. The summed E-state index contributed by atoms with van der Waals surface area (Å²) < 4.78 is 0. The fourth-order valence-electron chi connectivity index (χ4n) is 2.52. The SMILES string of the molecule is CC(C)C(C)N(C)C(=O)[C@@H]1Cc2ccccc2CN1. The summed E-state index contributed by atoms with van der Waals surface area (Å²) in [6.07, 6.45) is 0.796. The van der Waals surface area contributed by atoms with Crippen molar-refractivity contribution in [2.24, 2.45) is 5.92 Å². The molecule has 0 aliphatic carbocycles. The van der Waals surface area contributed by atoms with E-state index in [0.717, 1.165) is 13.0 Å². The van der Waals surface area contributed by atoms with E-state index in [1.807, 2.05) is 18.0 Å². The largest absolute Gasteiger partial charge is 0.341 e. The molecule has 0 aromatic heterocycles. The van der Waals surface area contributed by atoms with Crippen molar-refractivity contribution < 1.29 is 4.79 Å². The lowest BCUT2D eigenvalue weighted by Crippen LogP contribution is -2.51. The minimum Gasteiger partial charge on any atom is -0.341 e. The third-order valence-corrected chi connectivity index (χ3v) is 4.30. The van der Waals surface area contributed by atoms with Crippen molar-refractivity contribution in [1.82, 2.24) is 10.2 Å². The highest BCUT2D eigenvalue weighted by molar-refractivity contribution is 5.82. The predicted molar refractivity (Wildman–Crippen MR) is 77.8 cm³/mol. The van der Waals surface area contributed by atoms with Gasteiger partial charge in [-0.1, -0.05) is 38.1 Å². The molecule has 3 nitrogen and oxygen atoms in total. The van der Waals surface area contributed by atoms with Crippen molar-refractivity contribution in [3.8, 4) is 0 Å². The fraction of sp³-hybridized carbons (Fsp3) is 0.562. The number of rotatable bonds is 3. The van der Waals surface area contributed by atoms with E-state index in [2.05, 4.69) is 44.3 Å². The van der Waals surface area contributed by atoms with Crippen LogP contribution in [0.25, 0.3) is 0 Å². The smallest absolute Gasteiger partial charge is 0.240 e. The Bertz CT molecular complexity index is 456. The van der Waals surface area contributed by atoms with Gasteiger partial charge in [0.15, 0.2) is 0 Å². The number of carbonyl (C=O) groups is 1. The highest BCUT2D eigenvalue weighted by Gasteiger charge is 2.28. The summed E-state index contributed by atoms with van der Waals surface area (Å²) in [5.41, 5.74) is 2.61. The summed E-state index contributed by atoms with van der Waals surface area (Å²) in [4.78, 5) is 14.4. The third kappa shape index (κ3) is 2.98. The van der Waals surface area contributed by atoms with Crippen molar-refractivity contribution in [3.05, 3.63) is 35.4 Å². The maximum Gasteiger partial charge on any atom is 0.240 e. The molecule has 0 saturated heterocycles. The Morgan fingerprint density at radius 1 is 1.26 bits per heavy atom. The molecule has 0 saturated carbocycles. The van der Waals surface area contributed by atoms with Crippen molar-refractivity contribution in [3.63, 3.8) is 0 Å². The molecule has 1 heterocycles. The van der Waals surface area contributed by atoms with Gasteiger partial charge in [0.1, 0.15) is 0 Å². The number of benzene rings is 1. The van der Waals surface area contributed by atoms with E-state index in [9.17, 15) is 4.79 Å². The first-order valence-electron chi connectivity index (χ1n) is 7.07. The Morgan fingerprint density at radius 3 is 2.53 bits per heavy atom. The molecule has 1 aromatic rings. The van der Waals surface area contributed by atoms with E-state index in [1.54, 1.807) is 0 Å². The highest BCUT2D eigenvalue weighted by atomic mass is 16.2. The molecule has 1 amide bonds. The van der Waals surface area contributed by atoms with Crippen LogP contribution in [0.3, 0.4) is 0 Å². The summed E-state index contributed by atoms with van der Waals surface area (Å²) in [7, 11) is 1.91. The van der Waals surface area contributed by atoms with Crippen LogP contribution in [0.15, 0.2) is 24.3 Å². The van der Waals surface area contributed by atoms with E-state index in [0.29, 0.717) is 5.92 Å². The third-order valence-electron chi connectivity index (χ3n) is 4.30. The minimum absolute atomic E-state index is 0.0823. The van der Waals surface area contributed by atoms with Gasteiger partial charge >= 0.3 is 0 Å². The van der Waals surface area contributed by atoms with Crippen LogP contribution in [0.4, 0.5) is 0 Å². The molecule has 0 radical (unpaired) electrons. The van der Waals surface area contributed by atoms with Gasteiger partial charge in [-0.2, -0.15) is 0 Å². The van der Waals surface area contributed by atoms with Gasteiger partial charge in [-0.3, -0.25) is 4.79 Å². The van der Waals surface area contributed by atoms with Gasteiger partial charge in [0, 0.05) is 19.6 Å². The lowest BCUT2D eigenvalue weighted by molar-refractivity contribution is -0.134. The lowest BCUT2D eigenvalue weighted by Gasteiger charge is -2.33. The normalized spacial score (nSPS) is 19.9. The van der Waals surface area contributed by atoms with Crippen LogP contribution >= 0.6 is 0 Å². The van der Waals surface area contributed by atoms with Crippen LogP contribution in [0.1, 0.15) is 31.9 Å². The number of nitrogens with one attached hydrogen (secondary N) is 1. The van der Waals surface area contributed by atoms with Gasteiger partial charge in [0.2, 0.25) is 5.91 Å². The van der Waals surface area contributed by atoms with Crippen molar-refractivity contribution in [1.29, 1.82) is 0 Å². The van der Waals surface area contributed by atoms with E-state index in [-0.39, 0.29) is 18.0 Å². The molecule has 2 rings (SSSR count).